The summed E-state index contributed by atoms with van der Waals surface area (Å²) < 4.78 is 0. The molecule has 6 rings (SSSR count). The van der Waals surface area contributed by atoms with Crippen LogP contribution >= 0.6 is 0 Å². The molecule has 8 unspecified atom stereocenters. The van der Waals surface area contributed by atoms with Crippen LogP contribution in [0.4, 0.5) is 0 Å². The minimum Gasteiger partial charge on any atom is -0.0882 e. The molecule has 6 aliphatic carbocycles. The van der Waals surface area contributed by atoms with E-state index < -0.39 is 0 Å². The second kappa shape index (κ2) is 4.86. The summed E-state index contributed by atoms with van der Waals surface area (Å²) in [7, 11) is 0. The van der Waals surface area contributed by atoms with Crippen molar-refractivity contribution in [3.8, 4) is 0 Å². The van der Waals surface area contributed by atoms with Gasteiger partial charge in [0.15, 0.2) is 0 Å². The normalized spacial score (nSPS) is 53.7. The molecule has 0 aromatic rings. The van der Waals surface area contributed by atoms with E-state index in [1.807, 2.05) is 0 Å². The van der Waals surface area contributed by atoms with E-state index in [0.717, 1.165) is 47.3 Å². The molecule has 3 saturated carbocycles. The Kier molecular flexibility index (Phi) is 2.95. The first kappa shape index (κ1) is 12.7. The van der Waals surface area contributed by atoms with Gasteiger partial charge in [0.25, 0.3) is 0 Å². The Morgan fingerprint density at radius 2 is 1.19 bits per heavy atom. The lowest BCUT2D eigenvalue weighted by atomic mass is 9.77. The van der Waals surface area contributed by atoms with E-state index in [9.17, 15) is 0 Å². The molecule has 112 valence electrons. The van der Waals surface area contributed by atoms with Gasteiger partial charge in [-0.3, -0.25) is 0 Å². The van der Waals surface area contributed by atoms with Crippen LogP contribution in [0.5, 0.6) is 0 Å². The predicted octanol–water partition coefficient (Wildman–Crippen LogP) is 5.38. The van der Waals surface area contributed by atoms with Gasteiger partial charge < -0.3 is 0 Å². The summed E-state index contributed by atoms with van der Waals surface area (Å²) in [5.74, 6) is 8.09. The van der Waals surface area contributed by atoms with Crippen molar-refractivity contribution in [3.63, 3.8) is 0 Å². The molecule has 0 radical (unpaired) electrons. The van der Waals surface area contributed by atoms with Crippen LogP contribution in [0.3, 0.4) is 0 Å². The highest BCUT2D eigenvalue weighted by atomic mass is 14.5. The average molecular weight is 280 g/mol. The van der Waals surface area contributed by atoms with Gasteiger partial charge in [-0.25, -0.2) is 0 Å². The van der Waals surface area contributed by atoms with Gasteiger partial charge in [0, 0.05) is 0 Å². The molecule has 0 saturated heterocycles. The molecule has 3 fully saturated rings. The largest absolute Gasteiger partial charge is 0.0882 e. The van der Waals surface area contributed by atoms with Gasteiger partial charge in [0.1, 0.15) is 0 Å². The van der Waals surface area contributed by atoms with E-state index in [1.54, 1.807) is 0 Å². The zero-order chi connectivity index (χ0) is 13.8. The van der Waals surface area contributed by atoms with E-state index in [-0.39, 0.29) is 0 Å². The fourth-order valence-electron chi connectivity index (χ4n) is 6.67. The van der Waals surface area contributed by atoms with Crippen LogP contribution in [0, 0.1) is 47.3 Å². The highest BCUT2D eigenvalue weighted by molar-refractivity contribution is 5.19. The van der Waals surface area contributed by atoms with Gasteiger partial charge in [-0.1, -0.05) is 42.9 Å². The number of fused-ring (bicyclic) bond motifs is 10. The molecule has 0 aromatic carbocycles. The van der Waals surface area contributed by atoms with Crippen molar-refractivity contribution in [2.24, 2.45) is 47.3 Å². The third kappa shape index (κ3) is 1.94. The lowest BCUT2D eigenvalue weighted by molar-refractivity contribution is 0.333. The van der Waals surface area contributed by atoms with Crippen molar-refractivity contribution in [2.45, 2.75) is 44.9 Å². The van der Waals surface area contributed by atoms with Crippen molar-refractivity contribution in [2.75, 3.05) is 0 Å². The Balaban J connectivity index is 0.0000000996. The number of allylic oxidation sites excluding steroid dienone is 6. The lowest BCUT2D eigenvalue weighted by Gasteiger charge is -2.28. The molecule has 0 N–H and O–H groups in total. The van der Waals surface area contributed by atoms with Crippen molar-refractivity contribution >= 4 is 0 Å². The van der Waals surface area contributed by atoms with Crippen molar-refractivity contribution in [3.05, 3.63) is 36.5 Å². The molecule has 8 atom stereocenters. The minimum atomic E-state index is 0.918. The summed E-state index contributed by atoms with van der Waals surface area (Å²) in [5.41, 5.74) is 0. The molecule has 0 aromatic heterocycles. The Hall–Kier alpha value is -0.780. The van der Waals surface area contributed by atoms with Crippen LogP contribution in [0.1, 0.15) is 44.9 Å². The molecule has 0 heterocycles. The highest BCUT2D eigenvalue weighted by Gasteiger charge is 2.46. The molecule has 0 amide bonds. The second-order valence-corrected chi connectivity index (χ2v) is 8.40. The Morgan fingerprint density at radius 1 is 0.571 bits per heavy atom. The summed E-state index contributed by atoms with van der Waals surface area (Å²) in [4.78, 5) is 0. The first-order chi connectivity index (χ1) is 10.4. The molecular formula is C21H28. The summed E-state index contributed by atoms with van der Waals surface area (Å²) >= 11 is 0. The molecule has 0 nitrogen and oxygen atoms in total. The van der Waals surface area contributed by atoms with Gasteiger partial charge >= 0.3 is 0 Å². The number of hydrogen-bond acceptors (Lipinski definition) is 0. The quantitative estimate of drug-likeness (QED) is 0.522. The van der Waals surface area contributed by atoms with Crippen LogP contribution in [-0.2, 0) is 0 Å². The van der Waals surface area contributed by atoms with Crippen LogP contribution in [0.2, 0.25) is 0 Å². The summed E-state index contributed by atoms with van der Waals surface area (Å²) in [6.45, 7) is 0. The van der Waals surface area contributed by atoms with Crippen molar-refractivity contribution in [1.29, 1.82) is 0 Å². The number of rotatable bonds is 0. The highest BCUT2D eigenvalue weighted by Crippen LogP contribution is 2.55. The van der Waals surface area contributed by atoms with Crippen LogP contribution in [0.15, 0.2) is 36.5 Å². The van der Waals surface area contributed by atoms with E-state index in [2.05, 4.69) is 36.5 Å². The topological polar surface area (TPSA) is 0 Å². The SMILES string of the molecule is C1=CC2C3C=CC(C3)C2CC1.C1=CC2CC1C1CCCC21. The van der Waals surface area contributed by atoms with Crippen molar-refractivity contribution < 1.29 is 0 Å². The summed E-state index contributed by atoms with van der Waals surface area (Å²) in [6.07, 6.45) is 25.1. The monoisotopic (exact) mass is 280 g/mol. The minimum absolute atomic E-state index is 0.918. The standard InChI is InChI=1S/C11H14.C10H14/c1-2-4-11-9-6-5-8(7-9)10(11)3-1;1-2-9-7-4-5-8(6-7)10(9)3-1/h1,3,5-6,8-11H,2,4,7H2;4-5,7-10H,1-3,6H2. The zero-order valence-corrected chi connectivity index (χ0v) is 13.0. The van der Waals surface area contributed by atoms with Gasteiger partial charge in [-0.05, 0) is 85.9 Å². The van der Waals surface area contributed by atoms with Crippen LogP contribution in [-0.4, -0.2) is 0 Å². The Labute approximate surface area is 129 Å². The van der Waals surface area contributed by atoms with E-state index in [1.165, 1.54) is 44.9 Å². The molecule has 0 aliphatic heterocycles. The van der Waals surface area contributed by atoms with Gasteiger partial charge in [0.2, 0.25) is 0 Å². The first-order valence-electron chi connectivity index (χ1n) is 9.43. The first-order valence-corrected chi connectivity index (χ1v) is 9.43. The van der Waals surface area contributed by atoms with E-state index in [4.69, 9.17) is 0 Å². The molecule has 21 heavy (non-hydrogen) atoms. The molecular weight excluding hydrogens is 252 g/mol. The maximum atomic E-state index is 2.48. The van der Waals surface area contributed by atoms with E-state index >= 15 is 0 Å². The van der Waals surface area contributed by atoms with Gasteiger partial charge in [-0.15, -0.1) is 0 Å². The lowest BCUT2D eigenvalue weighted by Crippen LogP contribution is -2.19. The van der Waals surface area contributed by atoms with Gasteiger partial charge in [-0.2, -0.15) is 0 Å². The summed E-state index contributed by atoms with van der Waals surface area (Å²) in [6, 6.07) is 0. The maximum Gasteiger partial charge on any atom is -0.0136 e. The molecule has 6 aliphatic rings. The van der Waals surface area contributed by atoms with Gasteiger partial charge in [0.05, 0.1) is 0 Å². The molecule has 0 spiro atoms. The predicted molar refractivity (Wildman–Crippen MR) is 87.7 cm³/mol. The fourth-order valence-corrected chi connectivity index (χ4v) is 6.67. The maximum absolute atomic E-state index is 2.48. The smallest absolute Gasteiger partial charge is 0.0136 e. The third-order valence-corrected chi connectivity index (χ3v) is 7.59. The van der Waals surface area contributed by atoms with Crippen LogP contribution < -0.4 is 0 Å². The zero-order valence-electron chi connectivity index (χ0n) is 13.0. The molecule has 4 bridgehead atoms. The number of hydrogen-bond donors (Lipinski definition) is 0. The summed E-state index contributed by atoms with van der Waals surface area (Å²) in [5, 5.41) is 0. The van der Waals surface area contributed by atoms with E-state index in [0.29, 0.717) is 0 Å². The Bertz CT molecular complexity index is 478. The average Bonchev–Trinajstić information content (AvgIpc) is 3.32. The second-order valence-electron chi connectivity index (χ2n) is 8.40. The molecule has 0 heteroatoms. The van der Waals surface area contributed by atoms with Crippen LogP contribution in [0.25, 0.3) is 0 Å². The van der Waals surface area contributed by atoms with Crippen molar-refractivity contribution in [1.82, 2.24) is 0 Å². The third-order valence-electron chi connectivity index (χ3n) is 7.59. The fraction of sp³-hybridized carbons (Fsp3) is 0.714. The Morgan fingerprint density at radius 3 is 1.90 bits per heavy atom.